The Hall–Kier alpha value is -2.17. The molecule has 1 amide bonds. The van der Waals surface area contributed by atoms with Gasteiger partial charge in [-0.15, -0.1) is 0 Å². The van der Waals surface area contributed by atoms with Gasteiger partial charge in [-0.3, -0.25) is 4.79 Å². The van der Waals surface area contributed by atoms with Crippen LogP contribution < -0.4 is 5.32 Å². The fourth-order valence-electron chi connectivity index (χ4n) is 2.63. The molecule has 0 aliphatic heterocycles. The van der Waals surface area contributed by atoms with Crippen LogP contribution in [0.4, 0.5) is 0 Å². The molecule has 0 aliphatic carbocycles. The fraction of sp³-hybridized carbons (Fsp3) is 0.350. The van der Waals surface area contributed by atoms with E-state index in [1.807, 2.05) is 67.6 Å². The Morgan fingerprint density at radius 3 is 2.08 bits per heavy atom. The molecule has 0 spiro atoms. The number of methoxy groups -OCH3 is 1. The summed E-state index contributed by atoms with van der Waals surface area (Å²) in [6, 6.07) is 19.2. The molecule has 3 atom stereocenters. The van der Waals surface area contributed by atoms with Crippen molar-refractivity contribution in [2.75, 3.05) is 13.7 Å². The van der Waals surface area contributed by atoms with Gasteiger partial charge in [-0.1, -0.05) is 67.6 Å². The lowest BCUT2D eigenvalue weighted by molar-refractivity contribution is -0.140. The molecule has 4 nitrogen and oxygen atoms in total. The smallest absolute Gasteiger partial charge is 0.252 e. The first-order chi connectivity index (χ1) is 11.5. The summed E-state index contributed by atoms with van der Waals surface area (Å²) in [5, 5.41) is 13.5. The third-order valence-electron chi connectivity index (χ3n) is 4.51. The normalized spacial score (nSPS) is 16.0. The highest BCUT2D eigenvalue weighted by Crippen LogP contribution is 2.28. The number of nitrogens with one attached hydrogen (secondary N) is 1. The van der Waals surface area contributed by atoms with Crippen molar-refractivity contribution in [1.82, 2.24) is 5.32 Å². The van der Waals surface area contributed by atoms with Crippen LogP contribution in [0.15, 0.2) is 60.7 Å². The van der Waals surface area contributed by atoms with Gasteiger partial charge in [-0.25, -0.2) is 0 Å². The van der Waals surface area contributed by atoms with Crippen molar-refractivity contribution >= 4 is 5.91 Å². The van der Waals surface area contributed by atoms with Gasteiger partial charge in [-0.2, -0.15) is 0 Å². The fourth-order valence-corrected chi connectivity index (χ4v) is 2.63. The number of hydrogen-bond donors (Lipinski definition) is 2. The number of aliphatic hydroxyl groups is 1. The molecular formula is C20H25NO3. The maximum Gasteiger partial charge on any atom is 0.252 e. The van der Waals surface area contributed by atoms with Crippen LogP contribution in [0.3, 0.4) is 0 Å². The van der Waals surface area contributed by atoms with Crippen LogP contribution in [-0.4, -0.2) is 30.3 Å². The molecule has 4 heteroatoms. The minimum Gasteiger partial charge on any atom is -0.380 e. The second-order valence-corrected chi connectivity index (χ2v) is 6.12. The molecule has 0 unspecified atom stereocenters. The minimum absolute atomic E-state index is 0.252. The number of benzene rings is 2. The summed E-state index contributed by atoms with van der Waals surface area (Å²) >= 11 is 0. The highest BCUT2D eigenvalue weighted by atomic mass is 16.5. The van der Waals surface area contributed by atoms with Crippen molar-refractivity contribution in [3.63, 3.8) is 0 Å². The third-order valence-corrected chi connectivity index (χ3v) is 4.51. The Labute approximate surface area is 143 Å². The average Bonchev–Trinajstić information content (AvgIpc) is 2.63. The van der Waals surface area contributed by atoms with Crippen molar-refractivity contribution in [2.45, 2.75) is 31.5 Å². The number of ether oxygens (including phenoxy) is 1. The molecule has 0 fully saturated rings. The highest BCUT2D eigenvalue weighted by Gasteiger charge is 2.37. The van der Waals surface area contributed by atoms with Crippen molar-refractivity contribution in [3.05, 3.63) is 71.8 Å². The van der Waals surface area contributed by atoms with Gasteiger partial charge in [0.05, 0.1) is 6.10 Å². The van der Waals surface area contributed by atoms with Gasteiger partial charge in [0.25, 0.3) is 5.91 Å². The Kier molecular flexibility index (Phi) is 6.12. The maximum atomic E-state index is 12.5. The van der Waals surface area contributed by atoms with E-state index in [0.29, 0.717) is 6.54 Å². The van der Waals surface area contributed by atoms with Crippen LogP contribution in [-0.2, 0) is 9.53 Å². The summed E-state index contributed by atoms with van der Waals surface area (Å²) in [7, 11) is 1.61. The topological polar surface area (TPSA) is 58.6 Å². The van der Waals surface area contributed by atoms with E-state index in [4.69, 9.17) is 4.74 Å². The van der Waals surface area contributed by atoms with E-state index < -0.39 is 11.5 Å². The number of carbonyl (C=O) groups excluding carboxylic acids is 1. The summed E-state index contributed by atoms with van der Waals surface area (Å²) in [4.78, 5) is 12.5. The van der Waals surface area contributed by atoms with Gasteiger partial charge in [0, 0.05) is 19.6 Å². The molecule has 24 heavy (non-hydrogen) atoms. The molecular weight excluding hydrogens is 302 g/mol. The van der Waals surface area contributed by atoms with E-state index in [0.717, 1.165) is 11.1 Å². The second kappa shape index (κ2) is 8.08. The van der Waals surface area contributed by atoms with Gasteiger partial charge < -0.3 is 15.2 Å². The van der Waals surface area contributed by atoms with E-state index >= 15 is 0 Å². The van der Waals surface area contributed by atoms with Gasteiger partial charge >= 0.3 is 0 Å². The van der Waals surface area contributed by atoms with Gasteiger partial charge in [0.2, 0.25) is 0 Å². The monoisotopic (exact) mass is 327 g/mol. The first kappa shape index (κ1) is 18.2. The zero-order chi connectivity index (χ0) is 17.6. The van der Waals surface area contributed by atoms with Crippen molar-refractivity contribution < 1.29 is 14.6 Å². The predicted molar refractivity (Wildman–Crippen MR) is 94.7 cm³/mol. The summed E-state index contributed by atoms with van der Waals surface area (Å²) in [6.07, 6.45) is -0.252. The van der Waals surface area contributed by atoms with E-state index in [1.54, 1.807) is 14.0 Å². The van der Waals surface area contributed by atoms with E-state index in [-0.39, 0.29) is 12.0 Å². The third kappa shape index (κ3) is 4.22. The van der Waals surface area contributed by atoms with Crippen LogP contribution in [0.5, 0.6) is 0 Å². The number of amides is 1. The van der Waals surface area contributed by atoms with E-state index in [9.17, 15) is 9.90 Å². The quantitative estimate of drug-likeness (QED) is 0.822. The lowest BCUT2D eigenvalue weighted by atomic mass is 9.84. The Morgan fingerprint density at radius 1 is 1.08 bits per heavy atom. The maximum absolute atomic E-state index is 12.5. The zero-order valence-corrected chi connectivity index (χ0v) is 14.4. The summed E-state index contributed by atoms with van der Waals surface area (Å²) in [6.45, 7) is 3.70. The number of hydrogen-bond acceptors (Lipinski definition) is 3. The minimum atomic E-state index is -1.50. The van der Waals surface area contributed by atoms with Crippen LogP contribution in [0.2, 0.25) is 0 Å². The number of rotatable bonds is 7. The number of carbonyl (C=O) groups is 1. The van der Waals surface area contributed by atoms with Crippen LogP contribution in [0.1, 0.15) is 37.0 Å². The van der Waals surface area contributed by atoms with Crippen molar-refractivity contribution in [3.8, 4) is 0 Å². The molecule has 0 heterocycles. The first-order valence-electron chi connectivity index (χ1n) is 8.10. The van der Waals surface area contributed by atoms with Crippen LogP contribution in [0.25, 0.3) is 0 Å². The van der Waals surface area contributed by atoms with Gasteiger partial charge in [-0.05, 0) is 18.1 Å². The van der Waals surface area contributed by atoms with Crippen molar-refractivity contribution in [2.24, 2.45) is 0 Å². The van der Waals surface area contributed by atoms with E-state index in [2.05, 4.69) is 5.32 Å². The SMILES string of the molecule is CO[C@H](CNC(=O)[C@](C)(O)[C@H](C)c1ccccc1)c1ccccc1. The molecule has 0 bridgehead atoms. The van der Waals surface area contributed by atoms with Crippen LogP contribution in [0, 0.1) is 0 Å². The van der Waals surface area contributed by atoms with Crippen molar-refractivity contribution in [1.29, 1.82) is 0 Å². The van der Waals surface area contributed by atoms with Crippen LogP contribution >= 0.6 is 0 Å². The Balaban J connectivity index is 2.02. The van der Waals surface area contributed by atoms with Gasteiger partial charge in [0.1, 0.15) is 5.60 Å². The molecule has 0 aliphatic rings. The summed E-state index contributed by atoms with van der Waals surface area (Å²) in [5.41, 5.74) is 0.399. The molecule has 0 saturated carbocycles. The molecule has 0 aromatic heterocycles. The highest BCUT2D eigenvalue weighted by molar-refractivity contribution is 5.85. The molecule has 2 aromatic carbocycles. The largest absolute Gasteiger partial charge is 0.380 e. The lowest BCUT2D eigenvalue weighted by Crippen LogP contribution is -2.49. The Morgan fingerprint density at radius 2 is 1.58 bits per heavy atom. The standard InChI is InChI=1S/C20H25NO3/c1-15(16-10-6-4-7-11-16)20(2,23)19(22)21-14-18(24-3)17-12-8-5-9-13-17/h4-13,15,18,23H,14H2,1-3H3,(H,21,22)/t15-,18-,20-/m1/s1. The summed E-state index contributed by atoms with van der Waals surface area (Å²) < 4.78 is 5.45. The first-order valence-corrected chi connectivity index (χ1v) is 8.10. The Bertz CT molecular complexity index is 640. The second-order valence-electron chi connectivity index (χ2n) is 6.12. The summed E-state index contributed by atoms with van der Waals surface area (Å²) in [5.74, 6) is -0.728. The lowest BCUT2D eigenvalue weighted by Gasteiger charge is -2.30. The molecule has 128 valence electrons. The predicted octanol–water partition coefficient (Wildman–Crippen LogP) is 3.05. The molecule has 0 radical (unpaired) electrons. The zero-order valence-electron chi connectivity index (χ0n) is 14.4. The molecule has 0 saturated heterocycles. The molecule has 2 N–H and O–H groups in total. The molecule has 2 aromatic rings. The van der Waals surface area contributed by atoms with E-state index in [1.165, 1.54) is 0 Å². The molecule has 2 rings (SSSR count). The van der Waals surface area contributed by atoms with Gasteiger partial charge in [0.15, 0.2) is 0 Å². The average molecular weight is 327 g/mol.